The summed E-state index contributed by atoms with van der Waals surface area (Å²) in [7, 11) is 1.52. The quantitative estimate of drug-likeness (QED) is 0.805. The van der Waals surface area contributed by atoms with Crippen molar-refractivity contribution in [1.29, 1.82) is 5.26 Å². The molecule has 0 aliphatic carbocycles. The summed E-state index contributed by atoms with van der Waals surface area (Å²) in [5.74, 6) is 1.33. The SMILES string of the molecule is COc1cc(C#N)cc(Oc2nc(Cl)ncc2C)c1. The number of aromatic nitrogens is 2. The van der Waals surface area contributed by atoms with Gasteiger partial charge in [0.05, 0.1) is 18.7 Å². The first kappa shape index (κ1) is 13.1. The van der Waals surface area contributed by atoms with Crippen molar-refractivity contribution in [2.45, 2.75) is 6.92 Å². The molecule has 2 aromatic rings. The van der Waals surface area contributed by atoms with E-state index in [9.17, 15) is 0 Å². The first-order valence-electron chi connectivity index (χ1n) is 5.38. The fourth-order valence-corrected chi connectivity index (χ4v) is 1.56. The van der Waals surface area contributed by atoms with Crippen LogP contribution in [0.1, 0.15) is 11.1 Å². The van der Waals surface area contributed by atoms with Gasteiger partial charge in [-0.05, 0) is 30.7 Å². The molecule has 0 atom stereocenters. The smallest absolute Gasteiger partial charge is 0.226 e. The van der Waals surface area contributed by atoms with Gasteiger partial charge < -0.3 is 9.47 Å². The van der Waals surface area contributed by atoms with E-state index in [2.05, 4.69) is 9.97 Å². The molecule has 0 amide bonds. The first-order chi connectivity index (χ1) is 9.12. The second kappa shape index (κ2) is 5.55. The molecule has 1 heterocycles. The van der Waals surface area contributed by atoms with Gasteiger partial charge in [-0.1, -0.05) is 0 Å². The van der Waals surface area contributed by atoms with Crippen LogP contribution in [-0.2, 0) is 0 Å². The Labute approximate surface area is 115 Å². The van der Waals surface area contributed by atoms with Gasteiger partial charge >= 0.3 is 0 Å². The number of hydrogen-bond acceptors (Lipinski definition) is 5. The van der Waals surface area contributed by atoms with Crippen LogP contribution in [0.2, 0.25) is 5.28 Å². The third-order valence-corrected chi connectivity index (χ3v) is 2.54. The molecule has 0 fully saturated rings. The summed E-state index contributed by atoms with van der Waals surface area (Å²) in [6.07, 6.45) is 1.57. The summed E-state index contributed by atoms with van der Waals surface area (Å²) in [5.41, 5.74) is 1.18. The zero-order valence-electron chi connectivity index (χ0n) is 10.3. The predicted molar refractivity (Wildman–Crippen MR) is 69.6 cm³/mol. The third kappa shape index (κ3) is 3.12. The number of hydrogen-bond donors (Lipinski definition) is 0. The van der Waals surface area contributed by atoms with Crippen molar-refractivity contribution in [3.05, 3.63) is 40.8 Å². The Morgan fingerprint density at radius 2 is 2.00 bits per heavy atom. The van der Waals surface area contributed by atoms with Gasteiger partial charge in [0, 0.05) is 17.8 Å². The Kier molecular flexibility index (Phi) is 3.83. The molecule has 1 aromatic heterocycles. The van der Waals surface area contributed by atoms with Crippen LogP contribution in [0.5, 0.6) is 17.4 Å². The zero-order chi connectivity index (χ0) is 13.8. The number of aryl methyl sites for hydroxylation is 1. The molecule has 0 radical (unpaired) electrons. The van der Waals surface area contributed by atoms with Crippen LogP contribution >= 0.6 is 11.6 Å². The van der Waals surface area contributed by atoms with Gasteiger partial charge in [-0.2, -0.15) is 10.2 Å². The van der Waals surface area contributed by atoms with E-state index < -0.39 is 0 Å². The van der Waals surface area contributed by atoms with Crippen LogP contribution in [0.3, 0.4) is 0 Å². The van der Waals surface area contributed by atoms with E-state index >= 15 is 0 Å². The Morgan fingerprint density at radius 3 is 2.68 bits per heavy atom. The highest BCUT2D eigenvalue weighted by molar-refractivity contribution is 6.28. The highest BCUT2D eigenvalue weighted by Gasteiger charge is 2.08. The van der Waals surface area contributed by atoms with Gasteiger partial charge in [-0.15, -0.1) is 0 Å². The highest BCUT2D eigenvalue weighted by Crippen LogP contribution is 2.28. The van der Waals surface area contributed by atoms with Crippen molar-refractivity contribution in [3.8, 4) is 23.4 Å². The summed E-state index contributed by atoms with van der Waals surface area (Å²) in [6, 6.07) is 6.91. The summed E-state index contributed by atoms with van der Waals surface area (Å²) in [5, 5.41) is 9.04. The van der Waals surface area contributed by atoms with E-state index in [1.54, 1.807) is 31.3 Å². The van der Waals surface area contributed by atoms with E-state index in [4.69, 9.17) is 26.3 Å². The number of nitrogens with zero attached hydrogens (tertiary/aromatic N) is 3. The molecule has 0 unspecified atom stereocenters. The fraction of sp³-hybridized carbons (Fsp3) is 0.154. The lowest BCUT2D eigenvalue weighted by atomic mass is 10.2. The first-order valence-corrected chi connectivity index (χ1v) is 5.76. The lowest BCUT2D eigenvalue weighted by Gasteiger charge is -2.09. The van der Waals surface area contributed by atoms with Crippen LogP contribution in [0.15, 0.2) is 24.4 Å². The lowest BCUT2D eigenvalue weighted by Crippen LogP contribution is -1.95. The topological polar surface area (TPSA) is 68.0 Å². The van der Waals surface area contributed by atoms with Gasteiger partial charge in [0.1, 0.15) is 11.5 Å². The second-order valence-corrected chi connectivity index (χ2v) is 4.08. The maximum absolute atomic E-state index is 8.94. The predicted octanol–water partition coefficient (Wildman–Crippen LogP) is 3.11. The van der Waals surface area contributed by atoms with Crippen molar-refractivity contribution < 1.29 is 9.47 Å². The Bertz CT molecular complexity index is 653. The third-order valence-electron chi connectivity index (χ3n) is 2.36. The maximum atomic E-state index is 8.94. The molecule has 6 heteroatoms. The average molecular weight is 276 g/mol. The standard InChI is InChI=1S/C13H10ClN3O2/c1-8-7-16-13(14)17-12(8)19-11-4-9(6-15)3-10(5-11)18-2/h3-5,7H,1-2H3. The molecule has 0 spiro atoms. The Morgan fingerprint density at radius 1 is 1.26 bits per heavy atom. The van der Waals surface area contributed by atoms with Gasteiger partial charge in [0.25, 0.3) is 0 Å². The zero-order valence-corrected chi connectivity index (χ0v) is 11.1. The van der Waals surface area contributed by atoms with Gasteiger partial charge in [-0.3, -0.25) is 0 Å². The summed E-state index contributed by atoms with van der Waals surface area (Å²) in [4.78, 5) is 7.83. The molecule has 0 saturated heterocycles. The van der Waals surface area contributed by atoms with E-state index in [1.165, 1.54) is 7.11 Å². The molecule has 0 aliphatic rings. The normalized spacial score (nSPS) is 9.79. The molecular weight excluding hydrogens is 266 g/mol. The number of halogens is 1. The average Bonchev–Trinajstić information content (AvgIpc) is 2.42. The molecule has 0 saturated carbocycles. The fourth-order valence-electron chi connectivity index (χ4n) is 1.43. The molecule has 19 heavy (non-hydrogen) atoms. The van der Waals surface area contributed by atoms with Gasteiger partial charge in [0.15, 0.2) is 0 Å². The van der Waals surface area contributed by atoms with Crippen LogP contribution in [0.4, 0.5) is 0 Å². The number of methoxy groups -OCH3 is 1. The Balaban J connectivity index is 2.38. The molecule has 96 valence electrons. The van der Waals surface area contributed by atoms with Crippen LogP contribution in [-0.4, -0.2) is 17.1 Å². The molecular formula is C13H10ClN3O2. The second-order valence-electron chi connectivity index (χ2n) is 3.74. The molecule has 1 aromatic carbocycles. The number of rotatable bonds is 3. The lowest BCUT2D eigenvalue weighted by molar-refractivity contribution is 0.406. The van der Waals surface area contributed by atoms with Crippen molar-refractivity contribution in [1.82, 2.24) is 9.97 Å². The minimum absolute atomic E-state index is 0.101. The molecule has 0 bridgehead atoms. The Hall–Kier alpha value is -2.32. The van der Waals surface area contributed by atoms with Crippen LogP contribution < -0.4 is 9.47 Å². The van der Waals surface area contributed by atoms with Crippen molar-refractivity contribution in [2.24, 2.45) is 0 Å². The molecule has 0 aliphatic heterocycles. The monoisotopic (exact) mass is 275 g/mol. The van der Waals surface area contributed by atoms with Crippen molar-refractivity contribution in [2.75, 3.05) is 7.11 Å². The molecule has 0 N–H and O–H groups in total. The highest BCUT2D eigenvalue weighted by atomic mass is 35.5. The molecule has 2 rings (SSSR count). The van der Waals surface area contributed by atoms with Crippen LogP contribution in [0, 0.1) is 18.3 Å². The number of ether oxygens (including phenoxy) is 2. The molecule has 5 nitrogen and oxygen atoms in total. The van der Waals surface area contributed by atoms with E-state index in [0.717, 1.165) is 5.56 Å². The minimum atomic E-state index is 0.101. The van der Waals surface area contributed by atoms with Crippen molar-refractivity contribution >= 4 is 11.6 Å². The van der Waals surface area contributed by atoms with E-state index in [-0.39, 0.29) is 5.28 Å². The van der Waals surface area contributed by atoms with Crippen LogP contribution in [0.25, 0.3) is 0 Å². The summed E-state index contributed by atoms with van der Waals surface area (Å²) >= 11 is 5.72. The van der Waals surface area contributed by atoms with Gasteiger partial charge in [-0.25, -0.2) is 4.98 Å². The number of nitriles is 1. The van der Waals surface area contributed by atoms with Gasteiger partial charge in [0.2, 0.25) is 11.2 Å². The summed E-state index contributed by atoms with van der Waals surface area (Å²) in [6.45, 7) is 1.80. The largest absolute Gasteiger partial charge is 0.497 e. The maximum Gasteiger partial charge on any atom is 0.226 e. The van der Waals surface area contributed by atoms with Crippen molar-refractivity contribution in [3.63, 3.8) is 0 Å². The van der Waals surface area contributed by atoms with E-state index in [0.29, 0.717) is 22.9 Å². The minimum Gasteiger partial charge on any atom is -0.497 e. The number of benzene rings is 1. The summed E-state index contributed by atoms with van der Waals surface area (Å²) < 4.78 is 10.7. The van der Waals surface area contributed by atoms with E-state index in [1.807, 2.05) is 6.07 Å².